The van der Waals surface area contributed by atoms with Crippen molar-refractivity contribution in [2.24, 2.45) is 5.73 Å². The number of halogens is 3. The van der Waals surface area contributed by atoms with Crippen LogP contribution < -0.4 is 10.5 Å². The zero-order valence-corrected chi connectivity index (χ0v) is 14.3. The van der Waals surface area contributed by atoms with Crippen molar-refractivity contribution in [1.29, 1.82) is 0 Å². The lowest BCUT2D eigenvalue weighted by Crippen LogP contribution is -2.08. The lowest BCUT2D eigenvalue weighted by atomic mass is 10.1. The molecule has 5 heteroatoms. The van der Waals surface area contributed by atoms with E-state index in [2.05, 4.69) is 31.9 Å². The summed E-state index contributed by atoms with van der Waals surface area (Å²) in [6.45, 7) is 3.50. The number of nitrogens with two attached hydrogens (primary N) is 1. The first-order chi connectivity index (χ1) is 9.38. The molecule has 0 aliphatic rings. The number of benzene rings is 2. The summed E-state index contributed by atoms with van der Waals surface area (Å²) in [7, 11) is 0. The molecule has 20 heavy (non-hydrogen) atoms. The number of hydrogen-bond acceptors (Lipinski definition) is 2. The summed E-state index contributed by atoms with van der Waals surface area (Å²) in [5.74, 6) is 0.947. The van der Waals surface area contributed by atoms with Crippen LogP contribution in [0.25, 0.3) is 0 Å². The summed E-state index contributed by atoms with van der Waals surface area (Å²) < 4.78 is 21.3. The average Bonchev–Trinajstić information content (AvgIpc) is 2.36. The minimum atomic E-state index is -0.311. The molecule has 0 aliphatic heterocycles. The van der Waals surface area contributed by atoms with Crippen LogP contribution in [0.5, 0.6) is 11.5 Å². The summed E-state index contributed by atoms with van der Waals surface area (Å²) >= 11 is 6.82. The van der Waals surface area contributed by atoms with Crippen LogP contribution in [0.15, 0.2) is 39.3 Å². The van der Waals surface area contributed by atoms with Crippen molar-refractivity contribution in [3.05, 3.63) is 56.2 Å². The van der Waals surface area contributed by atoms with Crippen LogP contribution in [0.1, 0.15) is 24.1 Å². The molecule has 0 spiro atoms. The van der Waals surface area contributed by atoms with Gasteiger partial charge < -0.3 is 10.5 Å². The maximum atomic E-state index is 13.7. The molecule has 2 nitrogen and oxygen atoms in total. The molecule has 0 aromatic heterocycles. The Morgan fingerprint density at radius 3 is 2.45 bits per heavy atom. The molecule has 0 fully saturated rings. The van der Waals surface area contributed by atoms with E-state index < -0.39 is 0 Å². The molecule has 0 radical (unpaired) electrons. The lowest BCUT2D eigenvalue weighted by Gasteiger charge is -2.16. The first kappa shape index (κ1) is 15.5. The van der Waals surface area contributed by atoms with Crippen LogP contribution in [-0.2, 0) is 0 Å². The van der Waals surface area contributed by atoms with E-state index in [1.54, 1.807) is 19.9 Å². The first-order valence-electron chi connectivity index (χ1n) is 6.07. The van der Waals surface area contributed by atoms with E-state index in [9.17, 15) is 4.39 Å². The third kappa shape index (κ3) is 3.40. The van der Waals surface area contributed by atoms with Gasteiger partial charge in [0, 0.05) is 16.1 Å². The molecule has 0 amide bonds. The predicted molar refractivity (Wildman–Crippen MR) is 85.7 cm³/mol. The van der Waals surface area contributed by atoms with E-state index in [-0.39, 0.29) is 11.9 Å². The smallest absolute Gasteiger partial charge is 0.141 e. The van der Waals surface area contributed by atoms with Gasteiger partial charge in [-0.3, -0.25) is 0 Å². The van der Waals surface area contributed by atoms with Crippen LogP contribution in [0.4, 0.5) is 4.39 Å². The maximum absolute atomic E-state index is 13.7. The van der Waals surface area contributed by atoms with Gasteiger partial charge in [0.25, 0.3) is 0 Å². The SMILES string of the molecule is Cc1cc(Oc2ccc(Br)cc2Br)c([C@@H](C)N)cc1F. The second kappa shape index (κ2) is 6.24. The standard InChI is InChI=1S/C15H14Br2FNO/c1-8-5-15(11(9(2)19)7-13(8)18)20-14-4-3-10(16)6-12(14)17/h3-7,9H,19H2,1-2H3/t9-/m1/s1. The lowest BCUT2D eigenvalue weighted by molar-refractivity contribution is 0.465. The Balaban J connectivity index is 2.44. The summed E-state index contributed by atoms with van der Waals surface area (Å²) in [6, 6.07) is 8.39. The van der Waals surface area contributed by atoms with Crippen molar-refractivity contribution >= 4 is 31.9 Å². The van der Waals surface area contributed by atoms with Crippen LogP contribution in [0.3, 0.4) is 0 Å². The van der Waals surface area contributed by atoms with Crippen molar-refractivity contribution in [2.75, 3.05) is 0 Å². The second-order valence-electron chi connectivity index (χ2n) is 4.60. The summed E-state index contributed by atoms with van der Waals surface area (Å²) in [5.41, 5.74) is 7.05. The predicted octanol–water partition coefficient (Wildman–Crippen LogP) is 5.47. The van der Waals surface area contributed by atoms with Crippen molar-refractivity contribution in [3.8, 4) is 11.5 Å². The number of aryl methyl sites for hydroxylation is 1. The quantitative estimate of drug-likeness (QED) is 0.738. The fraction of sp³-hybridized carbons (Fsp3) is 0.200. The monoisotopic (exact) mass is 401 g/mol. The van der Waals surface area contributed by atoms with E-state index in [0.29, 0.717) is 22.6 Å². The molecule has 0 bridgehead atoms. The molecule has 0 saturated heterocycles. The van der Waals surface area contributed by atoms with Crippen molar-refractivity contribution < 1.29 is 9.13 Å². The second-order valence-corrected chi connectivity index (χ2v) is 6.37. The molecule has 1 atom stereocenters. The third-order valence-corrected chi connectivity index (χ3v) is 4.01. The van der Waals surface area contributed by atoms with E-state index in [1.165, 1.54) is 6.07 Å². The van der Waals surface area contributed by atoms with Crippen molar-refractivity contribution in [1.82, 2.24) is 0 Å². The zero-order valence-electron chi connectivity index (χ0n) is 11.1. The molecule has 0 aliphatic carbocycles. The summed E-state index contributed by atoms with van der Waals surface area (Å²) in [5, 5.41) is 0. The highest BCUT2D eigenvalue weighted by Crippen LogP contribution is 2.35. The Morgan fingerprint density at radius 1 is 1.15 bits per heavy atom. The van der Waals surface area contributed by atoms with E-state index in [1.807, 2.05) is 18.2 Å². The molecule has 0 heterocycles. The highest BCUT2D eigenvalue weighted by Gasteiger charge is 2.14. The van der Waals surface area contributed by atoms with Gasteiger partial charge in [0.05, 0.1) is 4.47 Å². The molecular weight excluding hydrogens is 389 g/mol. The number of hydrogen-bond donors (Lipinski definition) is 1. The normalized spacial score (nSPS) is 12.3. The molecule has 0 saturated carbocycles. The number of ether oxygens (including phenoxy) is 1. The van der Waals surface area contributed by atoms with Crippen molar-refractivity contribution in [2.45, 2.75) is 19.9 Å². The van der Waals surface area contributed by atoms with Crippen molar-refractivity contribution in [3.63, 3.8) is 0 Å². The van der Waals surface area contributed by atoms with Gasteiger partial charge in [0.1, 0.15) is 17.3 Å². The molecule has 2 aromatic carbocycles. The van der Waals surface area contributed by atoms with Gasteiger partial charge in [-0.2, -0.15) is 0 Å². The van der Waals surface area contributed by atoms with Crippen LogP contribution >= 0.6 is 31.9 Å². The van der Waals surface area contributed by atoms with Crippen LogP contribution in [0, 0.1) is 12.7 Å². The van der Waals surface area contributed by atoms with E-state index in [4.69, 9.17) is 10.5 Å². The molecule has 106 valence electrons. The highest BCUT2D eigenvalue weighted by atomic mass is 79.9. The average molecular weight is 403 g/mol. The summed E-state index contributed by atoms with van der Waals surface area (Å²) in [6.07, 6.45) is 0. The molecule has 2 N–H and O–H groups in total. The topological polar surface area (TPSA) is 35.2 Å². The van der Waals surface area contributed by atoms with Crippen LogP contribution in [0.2, 0.25) is 0 Å². The summed E-state index contributed by atoms with van der Waals surface area (Å²) in [4.78, 5) is 0. The van der Waals surface area contributed by atoms with E-state index in [0.717, 1.165) is 8.95 Å². The molecule has 0 unspecified atom stereocenters. The zero-order chi connectivity index (χ0) is 14.9. The van der Waals surface area contributed by atoms with Gasteiger partial charge in [-0.1, -0.05) is 15.9 Å². The molecule has 2 aromatic rings. The first-order valence-corrected chi connectivity index (χ1v) is 7.65. The van der Waals surface area contributed by atoms with E-state index >= 15 is 0 Å². The Kier molecular flexibility index (Phi) is 4.83. The Morgan fingerprint density at radius 2 is 1.85 bits per heavy atom. The minimum Gasteiger partial charge on any atom is -0.456 e. The largest absolute Gasteiger partial charge is 0.456 e. The van der Waals surface area contributed by atoms with Gasteiger partial charge in [-0.05, 0) is 65.7 Å². The minimum absolute atomic E-state index is 0.278. The van der Waals surface area contributed by atoms with Gasteiger partial charge in [0.2, 0.25) is 0 Å². The van der Waals surface area contributed by atoms with Gasteiger partial charge >= 0.3 is 0 Å². The maximum Gasteiger partial charge on any atom is 0.141 e. The fourth-order valence-corrected chi connectivity index (χ4v) is 2.92. The van der Waals surface area contributed by atoms with Crippen LogP contribution in [-0.4, -0.2) is 0 Å². The molecular formula is C15H14Br2FNO. The Hall–Kier alpha value is -0.910. The Labute approximate surface area is 134 Å². The Bertz CT molecular complexity index is 644. The molecule has 2 rings (SSSR count). The van der Waals surface area contributed by atoms with Gasteiger partial charge in [-0.15, -0.1) is 0 Å². The van der Waals surface area contributed by atoms with Gasteiger partial charge in [-0.25, -0.2) is 4.39 Å². The fourth-order valence-electron chi connectivity index (χ4n) is 1.79. The number of rotatable bonds is 3. The van der Waals surface area contributed by atoms with Gasteiger partial charge in [0.15, 0.2) is 0 Å². The highest BCUT2D eigenvalue weighted by molar-refractivity contribution is 9.11. The third-order valence-electron chi connectivity index (χ3n) is 2.90.